The van der Waals surface area contributed by atoms with Gasteiger partial charge in [0.25, 0.3) is 0 Å². The highest BCUT2D eigenvalue weighted by atomic mass is 19.1. The normalized spacial score (nSPS) is 11.8. The van der Waals surface area contributed by atoms with Crippen LogP contribution in [-0.4, -0.2) is 38.2 Å². The van der Waals surface area contributed by atoms with Crippen LogP contribution in [0.15, 0.2) is 48.7 Å². The molecular weight excluding hydrogens is 446 g/mol. The summed E-state index contributed by atoms with van der Waals surface area (Å²) >= 11 is 0. The van der Waals surface area contributed by atoms with Crippen molar-refractivity contribution < 1.29 is 8.78 Å². The van der Waals surface area contributed by atoms with Crippen LogP contribution in [0.2, 0.25) is 0 Å². The molecule has 0 radical (unpaired) electrons. The number of hydrogen-bond donors (Lipinski definition) is 3. The quantitative estimate of drug-likeness (QED) is 0.248. The zero-order chi connectivity index (χ0) is 24.5. The predicted molar refractivity (Wildman–Crippen MR) is 137 cm³/mol. The number of anilines is 1. The first-order valence-corrected chi connectivity index (χ1v) is 11.9. The molecule has 0 atom stereocenters. The zero-order valence-corrected chi connectivity index (χ0v) is 19.8. The lowest BCUT2D eigenvalue weighted by Crippen LogP contribution is -2.25. The second kappa shape index (κ2) is 9.46. The molecule has 2 aromatic carbocycles. The Hall–Kier alpha value is -3.78. The minimum atomic E-state index is -0.539. The average Bonchev–Trinajstić information content (AvgIpc) is 3.46. The Bertz CT molecular complexity index is 1480. The van der Waals surface area contributed by atoms with Crippen LogP contribution >= 0.6 is 0 Å². The fourth-order valence-electron chi connectivity index (χ4n) is 4.50. The van der Waals surface area contributed by atoms with E-state index in [4.69, 9.17) is 5.73 Å². The maximum Gasteiger partial charge on any atom is 0.153 e. The summed E-state index contributed by atoms with van der Waals surface area (Å²) in [6.07, 6.45) is 3.75. The van der Waals surface area contributed by atoms with Crippen LogP contribution in [0, 0.1) is 11.6 Å². The number of unbranched alkanes of at least 4 members (excludes halogenated alkanes) is 1. The van der Waals surface area contributed by atoms with Gasteiger partial charge in [0.2, 0.25) is 0 Å². The molecule has 3 aromatic heterocycles. The number of nitrogens with zero attached hydrogens (tertiary/aromatic N) is 3. The van der Waals surface area contributed by atoms with Crippen molar-refractivity contribution >= 4 is 27.8 Å². The Labute approximate surface area is 202 Å². The number of aromatic amines is 2. The smallest absolute Gasteiger partial charge is 0.153 e. The molecule has 35 heavy (non-hydrogen) atoms. The maximum absolute atomic E-state index is 15.1. The number of nitrogens with two attached hydrogens (primary N) is 1. The van der Waals surface area contributed by atoms with E-state index in [-0.39, 0.29) is 12.1 Å². The number of aromatic nitrogens is 4. The standard InChI is InChI=1S/C27H28F2N6/c1-3-5-10-35(4-2)15-21-22(28)12-17(13-23(21)29)25-14-19-18(8-9-31-27(19)32-25)16-6-7-24-20(11-16)26(30)34-33-24/h6-9,11-14H,3-5,10,15H2,1-2H3,(H,31,32)(H3,30,33,34). The molecule has 180 valence electrons. The predicted octanol–water partition coefficient (Wildman–Crippen LogP) is 6.26. The number of nitrogen functional groups attached to an aromatic ring is 1. The Kier molecular flexibility index (Phi) is 6.21. The van der Waals surface area contributed by atoms with Crippen LogP contribution in [0.3, 0.4) is 0 Å². The molecule has 3 heterocycles. The highest BCUT2D eigenvalue weighted by Gasteiger charge is 2.17. The molecule has 0 saturated heterocycles. The largest absolute Gasteiger partial charge is 0.382 e. The van der Waals surface area contributed by atoms with Gasteiger partial charge in [0.1, 0.15) is 17.3 Å². The number of nitrogens with one attached hydrogen (secondary N) is 2. The van der Waals surface area contributed by atoms with Crippen LogP contribution in [0.1, 0.15) is 32.3 Å². The summed E-state index contributed by atoms with van der Waals surface area (Å²) in [6.45, 7) is 5.93. The fraction of sp³-hybridized carbons (Fsp3) is 0.259. The van der Waals surface area contributed by atoms with E-state index in [0.717, 1.165) is 53.3 Å². The van der Waals surface area contributed by atoms with Crippen molar-refractivity contribution in [2.75, 3.05) is 18.8 Å². The van der Waals surface area contributed by atoms with Gasteiger partial charge in [-0.15, -0.1) is 0 Å². The minimum Gasteiger partial charge on any atom is -0.382 e. The third-order valence-electron chi connectivity index (χ3n) is 6.54. The highest BCUT2D eigenvalue weighted by Crippen LogP contribution is 2.34. The van der Waals surface area contributed by atoms with Crippen molar-refractivity contribution in [3.05, 3.63) is 65.9 Å². The molecule has 5 aromatic rings. The van der Waals surface area contributed by atoms with Crippen LogP contribution in [0.4, 0.5) is 14.6 Å². The fourth-order valence-corrected chi connectivity index (χ4v) is 4.50. The third kappa shape index (κ3) is 4.37. The number of fused-ring (bicyclic) bond motifs is 2. The molecule has 8 heteroatoms. The molecular formula is C27H28F2N6. The van der Waals surface area contributed by atoms with Crippen molar-refractivity contribution in [3.63, 3.8) is 0 Å². The zero-order valence-electron chi connectivity index (χ0n) is 19.8. The van der Waals surface area contributed by atoms with E-state index in [2.05, 4.69) is 32.0 Å². The first-order chi connectivity index (χ1) is 17.0. The van der Waals surface area contributed by atoms with E-state index in [1.807, 2.05) is 37.3 Å². The molecule has 0 spiro atoms. The second-order valence-corrected chi connectivity index (χ2v) is 8.81. The van der Waals surface area contributed by atoms with Gasteiger partial charge in [-0.05, 0) is 67.0 Å². The Morgan fingerprint density at radius 1 is 0.971 bits per heavy atom. The minimum absolute atomic E-state index is 0.104. The molecule has 0 saturated carbocycles. The molecule has 6 nitrogen and oxygen atoms in total. The molecule has 0 aliphatic heterocycles. The van der Waals surface area contributed by atoms with Crippen LogP contribution < -0.4 is 5.73 Å². The van der Waals surface area contributed by atoms with Crippen LogP contribution in [-0.2, 0) is 6.54 Å². The molecule has 0 fully saturated rings. The number of pyridine rings is 1. The molecule has 0 aliphatic carbocycles. The maximum atomic E-state index is 15.1. The van der Waals surface area contributed by atoms with Crippen molar-refractivity contribution in [2.24, 2.45) is 0 Å². The summed E-state index contributed by atoms with van der Waals surface area (Å²) < 4.78 is 30.1. The average molecular weight is 475 g/mol. The lowest BCUT2D eigenvalue weighted by molar-refractivity contribution is 0.267. The monoisotopic (exact) mass is 474 g/mol. The van der Waals surface area contributed by atoms with Crippen molar-refractivity contribution in [3.8, 4) is 22.4 Å². The molecule has 4 N–H and O–H groups in total. The number of rotatable bonds is 8. The summed E-state index contributed by atoms with van der Waals surface area (Å²) in [7, 11) is 0. The topological polar surface area (TPSA) is 86.6 Å². The van der Waals surface area contributed by atoms with Gasteiger partial charge in [-0.3, -0.25) is 10.00 Å². The Morgan fingerprint density at radius 2 is 1.77 bits per heavy atom. The van der Waals surface area contributed by atoms with Gasteiger partial charge in [-0.25, -0.2) is 13.8 Å². The first-order valence-electron chi connectivity index (χ1n) is 11.9. The lowest BCUT2D eigenvalue weighted by atomic mass is 10.0. The van der Waals surface area contributed by atoms with E-state index in [1.165, 1.54) is 12.1 Å². The van der Waals surface area contributed by atoms with E-state index in [1.54, 1.807) is 6.20 Å². The van der Waals surface area contributed by atoms with Crippen LogP contribution in [0.5, 0.6) is 0 Å². The molecule has 0 bridgehead atoms. The highest BCUT2D eigenvalue weighted by molar-refractivity contribution is 5.99. The van der Waals surface area contributed by atoms with E-state index >= 15 is 8.78 Å². The SMILES string of the molecule is CCCCN(CC)Cc1c(F)cc(-c2cc3c(-c4ccc5[nH]nc(N)c5c4)ccnc3[nH]2)cc1F. The summed E-state index contributed by atoms with van der Waals surface area (Å²) in [5.74, 6) is -0.644. The molecule has 0 amide bonds. The van der Waals surface area contributed by atoms with Crippen molar-refractivity contribution in [1.82, 2.24) is 25.1 Å². The van der Waals surface area contributed by atoms with Crippen molar-refractivity contribution in [2.45, 2.75) is 33.2 Å². The third-order valence-corrected chi connectivity index (χ3v) is 6.54. The first kappa shape index (κ1) is 23.0. The molecule has 0 aliphatic rings. The Morgan fingerprint density at radius 3 is 2.51 bits per heavy atom. The molecule has 0 unspecified atom stereocenters. The number of hydrogen-bond acceptors (Lipinski definition) is 4. The summed E-state index contributed by atoms with van der Waals surface area (Å²) in [5.41, 5.74) is 10.5. The Balaban J connectivity index is 1.51. The molecule has 5 rings (SSSR count). The van der Waals surface area contributed by atoms with Gasteiger partial charge in [0, 0.05) is 40.3 Å². The number of benzene rings is 2. The van der Waals surface area contributed by atoms with Gasteiger partial charge in [0.15, 0.2) is 5.82 Å². The lowest BCUT2D eigenvalue weighted by Gasteiger charge is -2.21. The van der Waals surface area contributed by atoms with Gasteiger partial charge in [0.05, 0.1) is 5.52 Å². The van der Waals surface area contributed by atoms with E-state index in [9.17, 15) is 0 Å². The van der Waals surface area contributed by atoms with E-state index < -0.39 is 11.6 Å². The van der Waals surface area contributed by atoms with Gasteiger partial charge >= 0.3 is 0 Å². The number of H-pyrrole nitrogens is 2. The second-order valence-electron chi connectivity index (χ2n) is 8.81. The van der Waals surface area contributed by atoms with Crippen LogP contribution in [0.25, 0.3) is 44.3 Å². The summed E-state index contributed by atoms with van der Waals surface area (Å²) in [4.78, 5) is 9.72. The summed E-state index contributed by atoms with van der Waals surface area (Å²) in [6, 6.07) is 12.5. The van der Waals surface area contributed by atoms with Crippen molar-refractivity contribution in [1.29, 1.82) is 0 Å². The van der Waals surface area contributed by atoms with Gasteiger partial charge in [-0.2, -0.15) is 5.10 Å². The van der Waals surface area contributed by atoms with E-state index in [0.29, 0.717) is 22.7 Å². The summed E-state index contributed by atoms with van der Waals surface area (Å²) in [5, 5.41) is 8.65. The van der Waals surface area contributed by atoms with Gasteiger partial charge in [-0.1, -0.05) is 26.3 Å². The van der Waals surface area contributed by atoms with Gasteiger partial charge < -0.3 is 10.7 Å². The number of halogens is 2.